The van der Waals surface area contributed by atoms with Crippen LogP contribution < -0.4 is 0 Å². The highest BCUT2D eigenvalue weighted by Gasteiger charge is 2.20. The molecular weight excluding hydrogens is 170 g/mol. The Labute approximate surface area is 84.1 Å². The van der Waals surface area contributed by atoms with Crippen LogP contribution in [0.3, 0.4) is 0 Å². The monoisotopic (exact) mass is 185 g/mol. The van der Waals surface area contributed by atoms with Gasteiger partial charge in [-0.15, -0.1) is 0 Å². The minimum atomic E-state index is 0.808. The molecule has 1 aromatic carbocycles. The van der Waals surface area contributed by atoms with Gasteiger partial charge in [-0.05, 0) is 48.8 Å². The van der Waals surface area contributed by atoms with Crippen molar-refractivity contribution < 1.29 is 0 Å². The molecule has 14 heavy (non-hydrogen) atoms. The lowest BCUT2D eigenvalue weighted by atomic mass is 9.83. The van der Waals surface area contributed by atoms with Gasteiger partial charge in [-0.25, -0.2) is 0 Å². The zero-order chi connectivity index (χ0) is 9.54. The zero-order valence-corrected chi connectivity index (χ0v) is 8.51. The van der Waals surface area contributed by atoms with Crippen LogP contribution >= 0.6 is 0 Å². The fourth-order valence-corrected chi connectivity index (χ4v) is 2.20. The lowest BCUT2D eigenvalue weighted by Crippen LogP contribution is -2.08. The number of hydrogen-bond acceptors (Lipinski definition) is 0. The molecule has 1 saturated carbocycles. The molecule has 1 N–H and O–H groups in total. The molecule has 1 aliphatic carbocycles. The molecule has 0 bridgehead atoms. The average Bonchev–Trinajstić information content (AvgIpc) is 2.43. The first-order valence-corrected chi connectivity index (χ1v) is 5.42. The van der Waals surface area contributed by atoms with E-state index in [1.807, 2.05) is 0 Å². The molecular formula is C13H15N. The van der Waals surface area contributed by atoms with Crippen molar-refractivity contribution in [3.05, 3.63) is 35.5 Å². The summed E-state index contributed by atoms with van der Waals surface area (Å²) in [5.41, 5.74) is 4.07. The molecule has 2 aromatic rings. The van der Waals surface area contributed by atoms with E-state index < -0.39 is 0 Å². The molecule has 1 nitrogen and oxygen atoms in total. The van der Waals surface area contributed by atoms with Crippen LogP contribution in [0.15, 0.2) is 24.3 Å². The van der Waals surface area contributed by atoms with Crippen LogP contribution in [0.4, 0.5) is 0 Å². The molecule has 1 aliphatic rings. The van der Waals surface area contributed by atoms with Crippen molar-refractivity contribution in [1.82, 2.24) is 4.98 Å². The largest absolute Gasteiger partial charge is 0.358 e. The number of hydrogen-bond donors (Lipinski definition) is 1. The Kier molecular flexibility index (Phi) is 1.66. The highest BCUT2D eigenvalue weighted by Crippen LogP contribution is 2.37. The van der Waals surface area contributed by atoms with Gasteiger partial charge in [-0.3, -0.25) is 0 Å². The minimum Gasteiger partial charge on any atom is -0.358 e. The molecule has 0 amide bonds. The van der Waals surface area contributed by atoms with Crippen molar-refractivity contribution in [2.24, 2.45) is 0 Å². The third kappa shape index (κ3) is 1.16. The average molecular weight is 185 g/mol. The Morgan fingerprint density at radius 2 is 2.07 bits per heavy atom. The first-order valence-electron chi connectivity index (χ1n) is 5.42. The predicted molar refractivity (Wildman–Crippen MR) is 59.6 cm³/mol. The zero-order valence-electron chi connectivity index (χ0n) is 8.51. The van der Waals surface area contributed by atoms with Gasteiger partial charge in [0.1, 0.15) is 0 Å². The van der Waals surface area contributed by atoms with Crippen LogP contribution in [0, 0.1) is 6.92 Å². The van der Waals surface area contributed by atoms with E-state index >= 15 is 0 Å². The summed E-state index contributed by atoms with van der Waals surface area (Å²) in [7, 11) is 0. The molecule has 0 radical (unpaired) electrons. The third-order valence-corrected chi connectivity index (χ3v) is 3.34. The van der Waals surface area contributed by atoms with E-state index in [0.29, 0.717) is 0 Å². The van der Waals surface area contributed by atoms with Gasteiger partial charge in [0, 0.05) is 11.2 Å². The predicted octanol–water partition coefficient (Wildman–Crippen LogP) is 3.74. The summed E-state index contributed by atoms with van der Waals surface area (Å²) in [6, 6.07) is 8.94. The van der Waals surface area contributed by atoms with Crippen molar-refractivity contribution in [1.29, 1.82) is 0 Å². The molecule has 72 valence electrons. The number of benzene rings is 1. The Morgan fingerprint density at radius 3 is 2.79 bits per heavy atom. The van der Waals surface area contributed by atoms with E-state index in [2.05, 4.69) is 36.2 Å². The second-order valence-corrected chi connectivity index (χ2v) is 4.44. The number of H-pyrrole nitrogens is 1. The van der Waals surface area contributed by atoms with Gasteiger partial charge >= 0.3 is 0 Å². The topological polar surface area (TPSA) is 15.8 Å². The van der Waals surface area contributed by atoms with E-state index in [0.717, 1.165) is 5.92 Å². The van der Waals surface area contributed by atoms with Gasteiger partial charge < -0.3 is 4.98 Å². The van der Waals surface area contributed by atoms with Crippen LogP contribution in [-0.2, 0) is 0 Å². The molecule has 3 rings (SSSR count). The van der Waals surface area contributed by atoms with E-state index in [1.165, 1.54) is 41.4 Å². The Hall–Kier alpha value is -1.24. The van der Waals surface area contributed by atoms with E-state index in [4.69, 9.17) is 0 Å². The number of aryl methyl sites for hydroxylation is 1. The summed E-state index contributed by atoms with van der Waals surface area (Å²) < 4.78 is 0. The van der Waals surface area contributed by atoms with Crippen molar-refractivity contribution in [2.75, 3.05) is 0 Å². The number of rotatable bonds is 1. The smallest absolute Gasteiger partial charge is 0.0458 e. The minimum absolute atomic E-state index is 0.808. The summed E-state index contributed by atoms with van der Waals surface area (Å²) >= 11 is 0. The standard InChI is InChI=1S/C13H15N/c1-9-5-6-11-8-13(10-3-2-4-10)14-12(11)7-9/h5-8,10,14H,2-4H2,1H3. The normalized spacial score (nSPS) is 17.2. The molecule has 0 atom stereocenters. The Bertz CT molecular complexity index is 463. The summed E-state index contributed by atoms with van der Waals surface area (Å²) in [4.78, 5) is 3.54. The van der Waals surface area contributed by atoms with Crippen molar-refractivity contribution >= 4 is 10.9 Å². The highest BCUT2D eigenvalue weighted by atomic mass is 14.7. The van der Waals surface area contributed by atoms with Crippen molar-refractivity contribution in [3.8, 4) is 0 Å². The molecule has 1 fully saturated rings. The Balaban J connectivity index is 2.10. The number of nitrogens with one attached hydrogen (secondary N) is 1. The summed E-state index contributed by atoms with van der Waals surface area (Å²) in [6.45, 7) is 2.14. The lowest BCUT2D eigenvalue weighted by Gasteiger charge is -2.23. The van der Waals surface area contributed by atoms with Gasteiger partial charge in [-0.2, -0.15) is 0 Å². The first kappa shape index (κ1) is 8.10. The fourth-order valence-electron chi connectivity index (χ4n) is 2.20. The van der Waals surface area contributed by atoms with Crippen LogP contribution in [0.2, 0.25) is 0 Å². The fraction of sp³-hybridized carbons (Fsp3) is 0.385. The van der Waals surface area contributed by atoms with Gasteiger partial charge in [0.25, 0.3) is 0 Å². The van der Waals surface area contributed by atoms with E-state index in [9.17, 15) is 0 Å². The van der Waals surface area contributed by atoms with Crippen molar-refractivity contribution in [2.45, 2.75) is 32.1 Å². The molecule has 0 spiro atoms. The number of fused-ring (bicyclic) bond motifs is 1. The molecule has 0 aliphatic heterocycles. The van der Waals surface area contributed by atoms with Crippen LogP contribution in [0.25, 0.3) is 10.9 Å². The van der Waals surface area contributed by atoms with Gasteiger partial charge in [0.15, 0.2) is 0 Å². The maximum atomic E-state index is 3.54. The summed E-state index contributed by atoms with van der Waals surface area (Å²) in [6.07, 6.45) is 4.14. The first-order chi connectivity index (χ1) is 6.83. The van der Waals surface area contributed by atoms with Gasteiger partial charge in [0.2, 0.25) is 0 Å². The third-order valence-electron chi connectivity index (χ3n) is 3.34. The van der Waals surface area contributed by atoms with E-state index in [-0.39, 0.29) is 0 Å². The molecule has 1 aromatic heterocycles. The molecule has 1 heteroatoms. The Morgan fingerprint density at radius 1 is 1.21 bits per heavy atom. The second kappa shape index (κ2) is 2.88. The highest BCUT2D eigenvalue weighted by molar-refractivity contribution is 5.81. The summed E-state index contributed by atoms with van der Waals surface area (Å²) in [5.74, 6) is 0.808. The SMILES string of the molecule is Cc1ccc2cc(C3CCC3)[nH]c2c1. The van der Waals surface area contributed by atoms with Gasteiger partial charge in [-0.1, -0.05) is 18.6 Å². The van der Waals surface area contributed by atoms with Crippen LogP contribution in [0.5, 0.6) is 0 Å². The van der Waals surface area contributed by atoms with Gasteiger partial charge in [0.05, 0.1) is 0 Å². The lowest BCUT2D eigenvalue weighted by molar-refractivity contribution is 0.413. The molecule has 0 saturated heterocycles. The second-order valence-electron chi connectivity index (χ2n) is 4.44. The van der Waals surface area contributed by atoms with Crippen LogP contribution in [-0.4, -0.2) is 4.98 Å². The van der Waals surface area contributed by atoms with Crippen LogP contribution in [0.1, 0.15) is 36.4 Å². The number of aromatic nitrogens is 1. The van der Waals surface area contributed by atoms with Crippen molar-refractivity contribution in [3.63, 3.8) is 0 Å². The number of aromatic amines is 1. The van der Waals surface area contributed by atoms with E-state index in [1.54, 1.807) is 0 Å². The quantitative estimate of drug-likeness (QED) is 0.696. The summed E-state index contributed by atoms with van der Waals surface area (Å²) in [5, 5.41) is 1.36. The molecule has 0 unspecified atom stereocenters. The maximum Gasteiger partial charge on any atom is 0.0458 e. The molecule has 1 heterocycles. The maximum absolute atomic E-state index is 3.54.